The molecule has 0 bridgehead atoms. The minimum atomic E-state index is -0.503. The van der Waals surface area contributed by atoms with E-state index in [1.807, 2.05) is 0 Å². The second-order valence-corrected chi connectivity index (χ2v) is 5.29. The van der Waals surface area contributed by atoms with Crippen LogP contribution in [0.5, 0.6) is 5.75 Å². The lowest BCUT2D eigenvalue weighted by Gasteiger charge is -2.24. The lowest BCUT2D eigenvalue weighted by Crippen LogP contribution is -2.35. The summed E-state index contributed by atoms with van der Waals surface area (Å²) in [5.41, 5.74) is 0.214. The lowest BCUT2D eigenvalue weighted by atomic mass is 10.1. The normalized spacial score (nSPS) is 17.3. The minimum Gasteiger partial charge on any atom is -0.481 e. The van der Waals surface area contributed by atoms with Gasteiger partial charge in [-0.3, -0.25) is 4.79 Å². The fourth-order valence-electron chi connectivity index (χ4n) is 2.75. The number of amides is 1. The van der Waals surface area contributed by atoms with Crippen molar-refractivity contribution in [2.45, 2.75) is 18.9 Å². The van der Waals surface area contributed by atoms with Crippen LogP contribution >= 0.6 is 0 Å². The van der Waals surface area contributed by atoms with Crippen molar-refractivity contribution in [1.29, 1.82) is 0 Å². The Morgan fingerprint density at radius 2 is 2.22 bits per heavy atom. The number of H-pyrrole nitrogens is 1. The van der Waals surface area contributed by atoms with Crippen LogP contribution in [-0.4, -0.2) is 33.9 Å². The van der Waals surface area contributed by atoms with Crippen LogP contribution in [-0.2, 0) is 4.79 Å². The first-order chi connectivity index (χ1) is 11.1. The maximum absolute atomic E-state index is 13.5. The first-order valence-electron chi connectivity index (χ1n) is 7.37. The Kier molecular flexibility index (Phi) is 4.36. The Morgan fingerprint density at radius 1 is 1.39 bits per heavy atom. The number of rotatable bonds is 4. The molecule has 0 aliphatic carbocycles. The van der Waals surface area contributed by atoms with Crippen LogP contribution in [0.2, 0.25) is 0 Å². The number of carbonyl (C=O) groups is 1. The second kappa shape index (κ2) is 6.60. The van der Waals surface area contributed by atoms with E-state index in [1.165, 1.54) is 18.3 Å². The molecule has 1 aliphatic heterocycles. The van der Waals surface area contributed by atoms with Gasteiger partial charge in [-0.25, -0.2) is 14.2 Å². The van der Waals surface area contributed by atoms with Crippen LogP contribution in [0.4, 0.5) is 4.39 Å². The molecule has 0 radical (unpaired) electrons. The number of hydrogen-bond acceptors (Lipinski definition) is 4. The van der Waals surface area contributed by atoms with Gasteiger partial charge in [0, 0.05) is 18.4 Å². The summed E-state index contributed by atoms with van der Waals surface area (Å²) in [5.74, 6) is -0.695. The van der Waals surface area contributed by atoms with Crippen molar-refractivity contribution in [3.63, 3.8) is 0 Å². The smallest absolute Gasteiger partial charge is 0.345 e. The summed E-state index contributed by atoms with van der Waals surface area (Å²) in [6.07, 6.45) is 3.01. The Labute approximate surface area is 131 Å². The molecular formula is C16H16FN3O3. The van der Waals surface area contributed by atoms with Crippen LogP contribution in [0.25, 0.3) is 0 Å². The third-order valence-corrected chi connectivity index (χ3v) is 3.82. The number of halogens is 1. The van der Waals surface area contributed by atoms with Gasteiger partial charge in [-0.1, -0.05) is 12.1 Å². The average Bonchev–Trinajstić information content (AvgIpc) is 3.03. The third kappa shape index (κ3) is 3.39. The molecule has 1 N–H and O–H groups in total. The van der Waals surface area contributed by atoms with Crippen LogP contribution in [0.3, 0.4) is 0 Å². The molecule has 1 amide bonds. The van der Waals surface area contributed by atoms with Crippen molar-refractivity contribution in [2.24, 2.45) is 0 Å². The number of benzene rings is 1. The van der Waals surface area contributed by atoms with Crippen LogP contribution in [0, 0.1) is 5.82 Å². The number of para-hydroxylation sites is 1. The predicted molar refractivity (Wildman–Crippen MR) is 80.4 cm³/mol. The minimum absolute atomic E-state index is 0.0499. The van der Waals surface area contributed by atoms with E-state index in [9.17, 15) is 14.0 Å². The summed E-state index contributed by atoms with van der Waals surface area (Å²) in [5, 5.41) is 0. The van der Waals surface area contributed by atoms with Gasteiger partial charge in [0.15, 0.2) is 18.2 Å². The summed E-state index contributed by atoms with van der Waals surface area (Å²) in [6, 6.07) is 7.44. The largest absolute Gasteiger partial charge is 0.481 e. The highest BCUT2D eigenvalue weighted by Crippen LogP contribution is 2.30. The van der Waals surface area contributed by atoms with Crippen molar-refractivity contribution in [3.8, 4) is 5.75 Å². The van der Waals surface area contributed by atoms with Crippen molar-refractivity contribution >= 4 is 5.91 Å². The van der Waals surface area contributed by atoms with Crippen molar-refractivity contribution in [1.82, 2.24) is 14.9 Å². The molecule has 1 atom stereocenters. The molecule has 1 saturated heterocycles. The average molecular weight is 317 g/mol. The van der Waals surface area contributed by atoms with Gasteiger partial charge >= 0.3 is 5.69 Å². The number of carbonyl (C=O) groups excluding carboxylic acids is 1. The van der Waals surface area contributed by atoms with E-state index < -0.39 is 11.5 Å². The zero-order valence-electron chi connectivity index (χ0n) is 12.4. The first-order valence-corrected chi connectivity index (χ1v) is 7.37. The molecule has 1 aromatic heterocycles. The number of hydrogen-bond donors (Lipinski definition) is 1. The van der Waals surface area contributed by atoms with E-state index in [4.69, 9.17) is 4.74 Å². The van der Waals surface area contributed by atoms with E-state index in [0.717, 1.165) is 12.8 Å². The van der Waals surface area contributed by atoms with Crippen LogP contribution in [0.15, 0.2) is 41.3 Å². The molecule has 23 heavy (non-hydrogen) atoms. The van der Waals surface area contributed by atoms with Gasteiger partial charge in [0.05, 0.1) is 6.04 Å². The first kappa shape index (κ1) is 15.2. The monoisotopic (exact) mass is 317 g/mol. The fourth-order valence-corrected chi connectivity index (χ4v) is 2.75. The molecule has 2 heterocycles. The SMILES string of the molecule is O=C(COc1ccccc1F)N1CCC[C@H]1c1ccnc(=O)[nH]1. The summed E-state index contributed by atoms with van der Waals surface area (Å²) < 4.78 is 18.8. The number of aromatic nitrogens is 2. The molecule has 1 fully saturated rings. The van der Waals surface area contributed by atoms with Gasteiger partial charge in [-0.05, 0) is 31.0 Å². The molecule has 0 saturated carbocycles. The Hall–Kier alpha value is -2.70. The standard InChI is InChI=1S/C16H16FN3O3/c17-11-4-1-2-6-14(11)23-10-15(21)20-9-3-5-13(20)12-7-8-18-16(22)19-12/h1-2,4,6-8,13H,3,5,9-10H2,(H,18,19,22)/t13-/m0/s1. The van der Waals surface area contributed by atoms with E-state index in [1.54, 1.807) is 23.1 Å². The van der Waals surface area contributed by atoms with E-state index in [0.29, 0.717) is 12.2 Å². The quantitative estimate of drug-likeness (QED) is 0.930. The third-order valence-electron chi connectivity index (χ3n) is 3.82. The van der Waals surface area contributed by atoms with E-state index >= 15 is 0 Å². The molecule has 6 nitrogen and oxygen atoms in total. The zero-order valence-corrected chi connectivity index (χ0v) is 12.4. The van der Waals surface area contributed by atoms with Gasteiger partial charge in [0.2, 0.25) is 0 Å². The highest BCUT2D eigenvalue weighted by atomic mass is 19.1. The predicted octanol–water partition coefficient (Wildman–Crippen LogP) is 1.65. The molecule has 0 unspecified atom stereocenters. The highest BCUT2D eigenvalue weighted by Gasteiger charge is 2.30. The molecule has 7 heteroatoms. The number of likely N-dealkylation sites (tertiary alicyclic amines) is 1. The molecule has 1 aliphatic rings. The lowest BCUT2D eigenvalue weighted by molar-refractivity contribution is -0.134. The molecular weight excluding hydrogens is 301 g/mol. The summed E-state index contributed by atoms with van der Waals surface area (Å²) in [4.78, 5) is 31.6. The maximum Gasteiger partial charge on any atom is 0.345 e. The summed E-state index contributed by atoms with van der Waals surface area (Å²) in [7, 11) is 0. The van der Waals surface area contributed by atoms with Gasteiger partial charge in [-0.15, -0.1) is 0 Å². The fraction of sp³-hybridized carbons (Fsp3) is 0.312. The van der Waals surface area contributed by atoms with Crippen molar-refractivity contribution in [2.75, 3.05) is 13.2 Å². The van der Waals surface area contributed by atoms with Gasteiger partial charge in [0.1, 0.15) is 0 Å². The van der Waals surface area contributed by atoms with Gasteiger partial charge in [-0.2, -0.15) is 0 Å². The Balaban J connectivity index is 1.69. The Bertz CT molecular complexity index is 762. The maximum atomic E-state index is 13.5. The van der Waals surface area contributed by atoms with E-state index in [-0.39, 0.29) is 24.3 Å². The van der Waals surface area contributed by atoms with Crippen molar-refractivity contribution in [3.05, 3.63) is 58.5 Å². The molecule has 1 aromatic carbocycles. The number of aromatic amines is 1. The molecule has 3 rings (SSSR count). The molecule has 0 spiro atoms. The highest BCUT2D eigenvalue weighted by molar-refractivity contribution is 5.78. The summed E-state index contributed by atoms with van der Waals surface area (Å²) in [6.45, 7) is 0.335. The summed E-state index contributed by atoms with van der Waals surface area (Å²) >= 11 is 0. The number of nitrogens with one attached hydrogen (secondary N) is 1. The topological polar surface area (TPSA) is 75.3 Å². The van der Waals surface area contributed by atoms with Crippen LogP contribution < -0.4 is 10.4 Å². The van der Waals surface area contributed by atoms with Crippen molar-refractivity contribution < 1.29 is 13.9 Å². The Morgan fingerprint density at radius 3 is 3.00 bits per heavy atom. The van der Waals surface area contributed by atoms with Gasteiger partial charge in [0.25, 0.3) is 5.91 Å². The molecule has 2 aromatic rings. The number of ether oxygens (including phenoxy) is 1. The zero-order chi connectivity index (χ0) is 16.2. The number of nitrogens with zero attached hydrogens (tertiary/aromatic N) is 2. The van der Waals surface area contributed by atoms with E-state index in [2.05, 4.69) is 9.97 Å². The van der Waals surface area contributed by atoms with Gasteiger partial charge < -0.3 is 14.6 Å². The van der Waals surface area contributed by atoms with Crippen LogP contribution in [0.1, 0.15) is 24.6 Å². The second-order valence-electron chi connectivity index (χ2n) is 5.29. The molecule has 120 valence electrons.